The summed E-state index contributed by atoms with van der Waals surface area (Å²) in [5, 5.41) is 5.81. The number of halogens is 1. The molecule has 0 aliphatic carbocycles. The van der Waals surface area contributed by atoms with E-state index in [9.17, 15) is 9.59 Å². The minimum Gasteiger partial charge on any atom is -0.326 e. The normalized spacial score (nSPS) is 19.0. The second-order valence-corrected chi connectivity index (χ2v) is 7.72. The van der Waals surface area contributed by atoms with Gasteiger partial charge in [-0.2, -0.15) is 0 Å². The highest BCUT2D eigenvalue weighted by atomic mass is 127. The van der Waals surface area contributed by atoms with Crippen LogP contribution in [0.1, 0.15) is 30.4 Å². The van der Waals surface area contributed by atoms with Crippen molar-refractivity contribution in [2.45, 2.75) is 36.0 Å². The number of para-hydroxylation sites is 2. The van der Waals surface area contributed by atoms with Gasteiger partial charge in [0.25, 0.3) is 0 Å². The van der Waals surface area contributed by atoms with Crippen molar-refractivity contribution >= 4 is 45.8 Å². The van der Waals surface area contributed by atoms with Crippen LogP contribution in [0.5, 0.6) is 0 Å². The Bertz CT molecular complexity index is 776. The third-order valence-corrected chi connectivity index (χ3v) is 5.56. The van der Waals surface area contributed by atoms with Crippen LogP contribution in [0.4, 0.5) is 11.4 Å². The van der Waals surface area contributed by atoms with Crippen molar-refractivity contribution in [3.63, 3.8) is 0 Å². The molecule has 2 aromatic rings. The molecule has 0 fully saturated rings. The Hall–Kier alpha value is -1.89. The van der Waals surface area contributed by atoms with E-state index in [1.54, 1.807) is 0 Å². The van der Waals surface area contributed by atoms with Gasteiger partial charge in [-0.3, -0.25) is 9.59 Å². The molecule has 2 N–H and O–H groups in total. The molecule has 5 heteroatoms. The highest BCUT2D eigenvalue weighted by Crippen LogP contribution is 2.24. The van der Waals surface area contributed by atoms with Crippen molar-refractivity contribution in [1.29, 1.82) is 0 Å². The third kappa shape index (κ3) is 4.81. The summed E-state index contributed by atoms with van der Waals surface area (Å²) in [7, 11) is 0. The average Bonchev–Trinajstić information content (AvgIpc) is 2.89. The lowest BCUT2D eigenvalue weighted by Crippen LogP contribution is -2.20. The molecule has 0 saturated carbocycles. The van der Waals surface area contributed by atoms with Crippen LogP contribution in [0.3, 0.4) is 0 Å². The predicted octanol–water partition coefficient (Wildman–Crippen LogP) is 4.34. The molecule has 2 aromatic carbocycles. The Balaban J connectivity index is 0.000000146. The lowest BCUT2D eigenvalue weighted by Gasteiger charge is -2.05. The molecule has 0 spiro atoms. The fraction of sp³-hybridized carbons (Fsp3) is 0.300. The van der Waals surface area contributed by atoms with Crippen LogP contribution in [0.15, 0.2) is 48.5 Å². The summed E-state index contributed by atoms with van der Waals surface area (Å²) in [5.74, 6) is 0.269. The number of benzene rings is 2. The molecule has 1 unspecified atom stereocenters. The number of amides is 2. The third-order valence-electron chi connectivity index (χ3n) is 4.37. The molecule has 1 atom stereocenters. The summed E-state index contributed by atoms with van der Waals surface area (Å²) in [4.78, 5) is 22.6. The standard InChI is InChI=1S/C10H10INO.C10H11NO/c11-8-6-5-7-3-1-2-4-9(7)12-10(8)13;12-10-7-3-5-8-4-1-2-6-9(8)11-10/h1-4,8H,5-6H2,(H,12,13);1-2,4,6H,3,5,7H2,(H,11,12). The average molecular weight is 448 g/mol. The molecule has 2 heterocycles. The van der Waals surface area contributed by atoms with Gasteiger partial charge in [0.05, 0.1) is 3.92 Å². The molecule has 2 amide bonds. The number of carbonyl (C=O) groups is 2. The smallest absolute Gasteiger partial charge is 0.237 e. The zero-order chi connectivity index (χ0) is 17.6. The van der Waals surface area contributed by atoms with E-state index in [0.29, 0.717) is 6.42 Å². The molecule has 0 radical (unpaired) electrons. The number of fused-ring (bicyclic) bond motifs is 2. The van der Waals surface area contributed by atoms with Crippen molar-refractivity contribution in [1.82, 2.24) is 0 Å². The number of nitrogens with one attached hydrogen (secondary N) is 2. The Kier molecular flexibility index (Phi) is 6.07. The van der Waals surface area contributed by atoms with Crippen molar-refractivity contribution in [3.8, 4) is 0 Å². The second kappa shape index (κ2) is 8.47. The van der Waals surface area contributed by atoms with Gasteiger partial charge in [0, 0.05) is 17.8 Å². The van der Waals surface area contributed by atoms with Gasteiger partial charge in [0.1, 0.15) is 0 Å². The van der Waals surface area contributed by atoms with E-state index in [1.165, 1.54) is 11.1 Å². The SMILES string of the molecule is O=C1CCCc2ccccc2N1.O=C1Nc2ccccc2CCC1I. The molecule has 0 saturated heterocycles. The highest BCUT2D eigenvalue weighted by molar-refractivity contribution is 14.1. The molecule has 0 aromatic heterocycles. The Morgan fingerprint density at radius 3 is 2.12 bits per heavy atom. The fourth-order valence-electron chi connectivity index (χ4n) is 3.00. The van der Waals surface area contributed by atoms with Gasteiger partial charge in [-0.15, -0.1) is 0 Å². The second-order valence-electron chi connectivity index (χ2n) is 6.21. The maximum absolute atomic E-state index is 11.5. The predicted molar refractivity (Wildman–Crippen MR) is 109 cm³/mol. The summed E-state index contributed by atoms with van der Waals surface area (Å²) in [6, 6.07) is 16.0. The maximum Gasteiger partial charge on any atom is 0.237 e. The molecular formula is C20H21IN2O2. The van der Waals surface area contributed by atoms with Gasteiger partial charge < -0.3 is 10.6 Å². The van der Waals surface area contributed by atoms with E-state index in [2.05, 4.69) is 45.4 Å². The number of carbonyl (C=O) groups excluding carboxylic acids is 2. The van der Waals surface area contributed by atoms with Crippen LogP contribution >= 0.6 is 22.6 Å². The van der Waals surface area contributed by atoms with E-state index >= 15 is 0 Å². The monoisotopic (exact) mass is 448 g/mol. The zero-order valence-corrected chi connectivity index (χ0v) is 16.1. The minimum atomic E-state index is 0.102. The van der Waals surface area contributed by atoms with Gasteiger partial charge in [0.15, 0.2) is 0 Å². The Morgan fingerprint density at radius 2 is 1.40 bits per heavy atom. The number of hydrogen-bond donors (Lipinski definition) is 2. The van der Waals surface area contributed by atoms with Crippen molar-refractivity contribution in [3.05, 3.63) is 59.7 Å². The molecule has 2 aliphatic heterocycles. The van der Waals surface area contributed by atoms with E-state index in [1.807, 2.05) is 36.4 Å². The number of hydrogen-bond acceptors (Lipinski definition) is 2. The molecule has 0 bridgehead atoms. The van der Waals surface area contributed by atoms with Crippen LogP contribution in [-0.2, 0) is 22.4 Å². The summed E-state index contributed by atoms with van der Waals surface area (Å²) >= 11 is 2.19. The van der Waals surface area contributed by atoms with Gasteiger partial charge in [-0.1, -0.05) is 59.0 Å². The molecule has 4 nitrogen and oxygen atoms in total. The number of alkyl halides is 1. The van der Waals surface area contributed by atoms with E-state index in [0.717, 1.165) is 37.1 Å². The first kappa shape index (κ1) is 17.9. The first-order chi connectivity index (χ1) is 12.1. The van der Waals surface area contributed by atoms with Crippen LogP contribution in [0.25, 0.3) is 0 Å². The topological polar surface area (TPSA) is 58.2 Å². The number of aryl methyl sites for hydroxylation is 2. The van der Waals surface area contributed by atoms with E-state index in [4.69, 9.17) is 0 Å². The number of rotatable bonds is 0. The Labute approximate surface area is 161 Å². The van der Waals surface area contributed by atoms with Crippen molar-refractivity contribution < 1.29 is 9.59 Å². The van der Waals surface area contributed by atoms with Crippen LogP contribution in [-0.4, -0.2) is 15.7 Å². The van der Waals surface area contributed by atoms with Crippen LogP contribution in [0, 0.1) is 0 Å². The molecule has 2 aliphatic rings. The largest absolute Gasteiger partial charge is 0.326 e. The summed E-state index contributed by atoms with van der Waals surface area (Å²) in [6.07, 6.45) is 4.54. The van der Waals surface area contributed by atoms with Crippen LogP contribution < -0.4 is 10.6 Å². The number of anilines is 2. The molecular weight excluding hydrogens is 427 g/mol. The molecule has 4 rings (SSSR count). The summed E-state index contributed by atoms with van der Waals surface area (Å²) in [5.41, 5.74) is 4.46. The maximum atomic E-state index is 11.5. The van der Waals surface area contributed by atoms with E-state index < -0.39 is 0 Å². The lowest BCUT2D eigenvalue weighted by atomic mass is 10.1. The fourth-order valence-corrected chi connectivity index (χ4v) is 3.46. The van der Waals surface area contributed by atoms with Gasteiger partial charge in [0.2, 0.25) is 11.8 Å². The first-order valence-electron chi connectivity index (χ1n) is 8.54. The molecule has 25 heavy (non-hydrogen) atoms. The van der Waals surface area contributed by atoms with Gasteiger partial charge in [-0.25, -0.2) is 0 Å². The van der Waals surface area contributed by atoms with Gasteiger partial charge in [-0.05, 0) is 48.9 Å². The van der Waals surface area contributed by atoms with Crippen molar-refractivity contribution in [2.75, 3.05) is 10.6 Å². The first-order valence-corrected chi connectivity index (χ1v) is 9.78. The van der Waals surface area contributed by atoms with Crippen molar-refractivity contribution in [2.24, 2.45) is 0 Å². The summed E-state index contributed by atoms with van der Waals surface area (Å²) < 4.78 is 0.102. The minimum absolute atomic E-state index is 0.102. The molecule has 130 valence electrons. The zero-order valence-electron chi connectivity index (χ0n) is 13.9. The van der Waals surface area contributed by atoms with E-state index in [-0.39, 0.29) is 15.7 Å². The Morgan fingerprint density at radius 1 is 0.800 bits per heavy atom. The highest BCUT2D eigenvalue weighted by Gasteiger charge is 2.20. The summed E-state index contributed by atoms with van der Waals surface area (Å²) in [6.45, 7) is 0. The quantitative estimate of drug-likeness (QED) is 0.466. The van der Waals surface area contributed by atoms with Gasteiger partial charge >= 0.3 is 0 Å². The lowest BCUT2D eigenvalue weighted by molar-refractivity contribution is -0.116. The van der Waals surface area contributed by atoms with Crippen LogP contribution in [0.2, 0.25) is 0 Å².